The van der Waals surface area contributed by atoms with Crippen LogP contribution in [0, 0.1) is 0 Å². The summed E-state index contributed by atoms with van der Waals surface area (Å²) in [5.41, 5.74) is 9.87. The van der Waals surface area contributed by atoms with E-state index >= 15 is 0 Å². The van der Waals surface area contributed by atoms with E-state index in [9.17, 15) is 0 Å². The molecule has 0 aliphatic rings. The van der Waals surface area contributed by atoms with Crippen molar-refractivity contribution in [3.05, 3.63) is 65.7 Å². The number of hydrogen-bond donors (Lipinski definition) is 2. The van der Waals surface area contributed by atoms with Crippen molar-refractivity contribution in [3.63, 3.8) is 0 Å². The molecule has 0 spiro atoms. The zero-order valence-electron chi connectivity index (χ0n) is 17.0. The summed E-state index contributed by atoms with van der Waals surface area (Å²) in [4.78, 5) is 4.09. The maximum Gasteiger partial charge on any atom is 0.247 e. The molecule has 2 N–H and O–H groups in total. The van der Waals surface area contributed by atoms with Gasteiger partial charge in [-0.3, -0.25) is 5.43 Å². The third-order valence-electron chi connectivity index (χ3n) is 4.11. The summed E-state index contributed by atoms with van der Waals surface area (Å²) < 4.78 is 5.17. The Hall–Kier alpha value is -3.81. The van der Waals surface area contributed by atoms with Crippen LogP contribution < -0.4 is 20.7 Å². The Morgan fingerprint density at radius 1 is 0.759 bits per heavy atom. The van der Waals surface area contributed by atoms with E-state index in [2.05, 4.69) is 26.2 Å². The van der Waals surface area contributed by atoms with Gasteiger partial charge in [0.2, 0.25) is 5.88 Å². The van der Waals surface area contributed by atoms with Crippen molar-refractivity contribution < 1.29 is 4.52 Å². The van der Waals surface area contributed by atoms with E-state index in [4.69, 9.17) is 4.52 Å². The highest BCUT2D eigenvalue weighted by atomic mass is 16.5. The molecule has 1 aromatic heterocycles. The number of benzene rings is 2. The van der Waals surface area contributed by atoms with Crippen LogP contribution in [0.25, 0.3) is 0 Å². The van der Waals surface area contributed by atoms with E-state index in [1.54, 1.807) is 18.5 Å². The number of aromatic nitrogens is 1. The van der Waals surface area contributed by atoms with Crippen LogP contribution in [0.4, 0.5) is 23.1 Å². The zero-order valence-corrected chi connectivity index (χ0v) is 17.0. The van der Waals surface area contributed by atoms with Gasteiger partial charge in [0.15, 0.2) is 5.82 Å². The number of hydrogen-bond acceptors (Lipinski definition) is 8. The molecular formula is C21H25N7O. The highest BCUT2D eigenvalue weighted by Gasteiger charge is 2.01. The predicted octanol–water partition coefficient (Wildman–Crippen LogP) is 3.70. The first-order chi connectivity index (χ1) is 14.0. The Bertz CT molecular complexity index is 879. The Morgan fingerprint density at radius 3 is 1.72 bits per heavy atom. The van der Waals surface area contributed by atoms with Gasteiger partial charge in [-0.05, 0) is 35.4 Å². The van der Waals surface area contributed by atoms with Crippen molar-refractivity contribution in [3.8, 4) is 0 Å². The van der Waals surface area contributed by atoms with Crippen molar-refractivity contribution in [1.82, 2.24) is 5.16 Å². The lowest BCUT2D eigenvalue weighted by Gasteiger charge is -2.11. The number of nitrogens with zero attached hydrogens (tertiary/aromatic N) is 5. The van der Waals surface area contributed by atoms with E-state index in [0.717, 1.165) is 22.5 Å². The molecule has 0 fully saturated rings. The molecule has 0 saturated carbocycles. The number of anilines is 4. The van der Waals surface area contributed by atoms with Crippen LogP contribution in [-0.2, 0) is 0 Å². The molecular weight excluding hydrogens is 366 g/mol. The second-order valence-electron chi connectivity index (χ2n) is 6.79. The zero-order chi connectivity index (χ0) is 20.6. The maximum absolute atomic E-state index is 5.17. The van der Waals surface area contributed by atoms with Gasteiger partial charge in [0, 0.05) is 39.6 Å². The summed E-state index contributed by atoms with van der Waals surface area (Å²) in [6, 6.07) is 17.8. The normalized spacial score (nSPS) is 11.2. The molecule has 1 heterocycles. The summed E-state index contributed by atoms with van der Waals surface area (Å²) in [6.07, 6.45) is 3.43. The minimum Gasteiger partial charge on any atom is -0.378 e. The molecule has 8 nitrogen and oxygen atoms in total. The van der Waals surface area contributed by atoms with Gasteiger partial charge in [0.05, 0.1) is 18.5 Å². The smallest absolute Gasteiger partial charge is 0.247 e. The monoisotopic (exact) mass is 391 g/mol. The molecule has 0 aliphatic heterocycles. The van der Waals surface area contributed by atoms with Gasteiger partial charge >= 0.3 is 0 Å². The van der Waals surface area contributed by atoms with Gasteiger partial charge in [0.25, 0.3) is 0 Å². The summed E-state index contributed by atoms with van der Waals surface area (Å²) in [5.74, 6) is 0.901. The molecule has 0 radical (unpaired) electrons. The molecule has 0 bridgehead atoms. The fourth-order valence-electron chi connectivity index (χ4n) is 2.44. The molecule has 8 heteroatoms. The van der Waals surface area contributed by atoms with Gasteiger partial charge in [-0.15, -0.1) is 0 Å². The minimum atomic E-state index is 0.416. The molecule has 2 aromatic carbocycles. The van der Waals surface area contributed by atoms with Gasteiger partial charge in [-0.1, -0.05) is 29.4 Å². The summed E-state index contributed by atoms with van der Waals surface area (Å²) in [6.45, 7) is 0. The average Bonchev–Trinajstić information content (AvgIpc) is 3.16. The average molecular weight is 391 g/mol. The molecule has 0 amide bonds. The Kier molecular flexibility index (Phi) is 6.47. The third kappa shape index (κ3) is 5.83. The number of nitrogens with one attached hydrogen (secondary N) is 2. The number of rotatable bonds is 8. The van der Waals surface area contributed by atoms with Gasteiger partial charge in [0.1, 0.15) is 0 Å². The second kappa shape index (κ2) is 9.41. The fraction of sp³-hybridized carbons (Fsp3) is 0.190. The Labute approximate surface area is 170 Å². The SMILES string of the molecule is CN(C)c1ccc(/C=N/Nc2cc(N/N=C/c3ccc(N(C)C)cc3)on2)cc1. The minimum absolute atomic E-state index is 0.416. The lowest BCUT2D eigenvalue weighted by Crippen LogP contribution is -2.08. The summed E-state index contributed by atoms with van der Waals surface area (Å²) >= 11 is 0. The van der Waals surface area contributed by atoms with Crippen molar-refractivity contribution in [2.75, 3.05) is 48.8 Å². The van der Waals surface area contributed by atoms with Crippen LogP contribution in [0.15, 0.2) is 69.3 Å². The van der Waals surface area contributed by atoms with Crippen molar-refractivity contribution in [2.45, 2.75) is 0 Å². The maximum atomic E-state index is 5.17. The largest absolute Gasteiger partial charge is 0.378 e. The third-order valence-corrected chi connectivity index (χ3v) is 4.11. The van der Waals surface area contributed by atoms with Gasteiger partial charge in [-0.25, -0.2) is 5.43 Å². The molecule has 0 unspecified atom stereocenters. The van der Waals surface area contributed by atoms with E-state index in [1.165, 1.54) is 0 Å². The molecule has 3 aromatic rings. The number of hydrazone groups is 2. The van der Waals surface area contributed by atoms with E-state index < -0.39 is 0 Å². The molecule has 0 saturated heterocycles. The summed E-state index contributed by atoms with van der Waals surface area (Å²) in [7, 11) is 8.02. The molecule has 29 heavy (non-hydrogen) atoms. The van der Waals surface area contributed by atoms with Crippen LogP contribution in [0.5, 0.6) is 0 Å². The van der Waals surface area contributed by atoms with Crippen molar-refractivity contribution in [1.29, 1.82) is 0 Å². The van der Waals surface area contributed by atoms with Crippen LogP contribution in [0.2, 0.25) is 0 Å². The predicted molar refractivity (Wildman–Crippen MR) is 120 cm³/mol. The van der Waals surface area contributed by atoms with Crippen LogP contribution >= 0.6 is 0 Å². The van der Waals surface area contributed by atoms with Crippen molar-refractivity contribution in [2.24, 2.45) is 10.2 Å². The Balaban J connectivity index is 1.50. The van der Waals surface area contributed by atoms with Crippen LogP contribution in [-0.4, -0.2) is 45.8 Å². The first-order valence-electron chi connectivity index (χ1n) is 9.11. The van der Waals surface area contributed by atoms with E-state index in [1.807, 2.05) is 86.5 Å². The topological polar surface area (TPSA) is 81.3 Å². The molecule has 0 aliphatic carbocycles. The van der Waals surface area contributed by atoms with E-state index in [-0.39, 0.29) is 0 Å². The van der Waals surface area contributed by atoms with Crippen LogP contribution in [0.1, 0.15) is 11.1 Å². The first kappa shape index (κ1) is 19.9. The lowest BCUT2D eigenvalue weighted by molar-refractivity contribution is 0.435. The Morgan fingerprint density at radius 2 is 1.24 bits per heavy atom. The standard InChI is InChI=1S/C21H25N7O/c1-27(2)18-9-5-16(6-10-18)14-22-24-20-13-21(29-26-20)25-23-15-17-7-11-19(12-8-17)28(3)4/h5-15,25H,1-4H3,(H,24,26)/b22-14+,23-15+. The summed E-state index contributed by atoms with van der Waals surface area (Å²) in [5, 5.41) is 12.2. The first-order valence-corrected chi connectivity index (χ1v) is 9.11. The second-order valence-corrected chi connectivity index (χ2v) is 6.79. The molecule has 150 valence electrons. The lowest BCUT2D eigenvalue weighted by atomic mass is 10.2. The van der Waals surface area contributed by atoms with Gasteiger partial charge in [-0.2, -0.15) is 10.2 Å². The molecule has 3 rings (SSSR count). The highest BCUT2D eigenvalue weighted by molar-refractivity contribution is 5.81. The van der Waals surface area contributed by atoms with Crippen molar-refractivity contribution >= 4 is 35.5 Å². The van der Waals surface area contributed by atoms with E-state index in [0.29, 0.717) is 11.7 Å². The fourth-order valence-corrected chi connectivity index (χ4v) is 2.44. The van der Waals surface area contributed by atoms with Crippen LogP contribution in [0.3, 0.4) is 0 Å². The quantitative estimate of drug-likeness (QED) is 0.450. The highest BCUT2D eigenvalue weighted by Crippen LogP contribution is 2.15. The van der Waals surface area contributed by atoms with Gasteiger partial charge < -0.3 is 14.3 Å². The molecule has 0 atom stereocenters.